The summed E-state index contributed by atoms with van der Waals surface area (Å²) < 4.78 is 11.4. The van der Waals surface area contributed by atoms with Crippen LogP contribution in [0.1, 0.15) is 16.7 Å². The summed E-state index contributed by atoms with van der Waals surface area (Å²) in [6.45, 7) is 3.18. The van der Waals surface area contributed by atoms with Crippen molar-refractivity contribution in [2.24, 2.45) is 0 Å². The van der Waals surface area contributed by atoms with Gasteiger partial charge < -0.3 is 14.8 Å². The van der Waals surface area contributed by atoms with Crippen LogP contribution in [0.2, 0.25) is 5.02 Å². The molecule has 3 aromatic carbocycles. The smallest absolute Gasteiger partial charge is 0.161 e. The number of hydrogen-bond donors (Lipinski definition) is 1. The van der Waals surface area contributed by atoms with Crippen LogP contribution in [-0.4, -0.2) is 7.11 Å². The second-order valence-electron chi connectivity index (χ2n) is 6.08. The molecule has 0 aromatic heterocycles. The molecular weight excluding hydrogens is 346 g/mol. The van der Waals surface area contributed by atoms with Crippen molar-refractivity contribution >= 4 is 17.3 Å². The molecule has 0 saturated heterocycles. The lowest BCUT2D eigenvalue weighted by Gasteiger charge is -2.13. The number of rotatable bonds is 7. The topological polar surface area (TPSA) is 30.5 Å². The second kappa shape index (κ2) is 8.63. The fraction of sp³-hybridized carbons (Fsp3) is 0.182. The molecule has 1 N–H and O–H groups in total. The third kappa shape index (κ3) is 4.70. The number of benzene rings is 3. The van der Waals surface area contributed by atoms with Crippen LogP contribution in [0.5, 0.6) is 11.5 Å². The van der Waals surface area contributed by atoms with Gasteiger partial charge in [0.1, 0.15) is 6.61 Å². The summed E-state index contributed by atoms with van der Waals surface area (Å²) in [5.41, 5.74) is 4.28. The molecule has 134 valence electrons. The van der Waals surface area contributed by atoms with Gasteiger partial charge in [-0.15, -0.1) is 0 Å². The van der Waals surface area contributed by atoms with Gasteiger partial charge in [0.25, 0.3) is 0 Å². The van der Waals surface area contributed by atoms with Crippen molar-refractivity contribution in [1.29, 1.82) is 0 Å². The molecule has 0 aliphatic rings. The van der Waals surface area contributed by atoms with Crippen molar-refractivity contribution in [3.05, 3.63) is 88.4 Å². The van der Waals surface area contributed by atoms with Crippen LogP contribution >= 0.6 is 11.6 Å². The lowest BCUT2D eigenvalue weighted by molar-refractivity contribution is 0.284. The van der Waals surface area contributed by atoms with Crippen molar-refractivity contribution < 1.29 is 9.47 Å². The molecule has 3 rings (SSSR count). The monoisotopic (exact) mass is 367 g/mol. The first-order valence-corrected chi connectivity index (χ1v) is 8.87. The standard InChI is InChI=1S/C22H22ClNO2/c1-16-8-10-19(13-20(16)23)24-14-18-9-11-21(22(12-18)25-2)26-15-17-6-4-3-5-7-17/h3-13,24H,14-15H2,1-2H3. The average molecular weight is 368 g/mol. The molecule has 0 bridgehead atoms. The number of halogens is 1. The number of aryl methyl sites for hydroxylation is 1. The molecule has 26 heavy (non-hydrogen) atoms. The van der Waals surface area contributed by atoms with Gasteiger partial charge in [-0.05, 0) is 47.9 Å². The molecule has 0 atom stereocenters. The normalized spacial score (nSPS) is 10.4. The molecule has 0 amide bonds. The van der Waals surface area contributed by atoms with E-state index in [1.165, 1.54) is 0 Å². The summed E-state index contributed by atoms with van der Waals surface area (Å²) >= 11 is 6.17. The highest BCUT2D eigenvalue weighted by molar-refractivity contribution is 6.31. The summed E-state index contributed by atoms with van der Waals surface area (Å²) in [7, 11) is 1.65. The minimum Gasteiger partial charge on any atom is -0.493 e. The van der Waals surface area contributed by atoms with Crippen molar-refractivity contribution in [3.8, 4) is 11.5 Å². The van der Waals surface area contributed by atoms with E-state index in [1.54, 1.807) is 7.11 Å². The van der Waals surface area contributed by atoms with Crippen LogP contribution < -0.4 is 14.8 Å². The third-order valence-corrected chi connectivity index (χ3v) is 4.54. The molecule has 0 spiro atoms. The van der Waals surface area contributed by atoms with Crippen molar-refractivity contribution in [2.45, 2.75) is 20.1 Å². The first-order chi connectivity index (χ1) is 12.7. The number of anilines is 1. The summed E-state index contributed by atoms with van der Waals surface area (Å²) in [5.74, 6) is 1.46. The third-order valence-electron chi connectivity index (χ3n) is 4.13. The highest BCUT2D eigenvalue weighted by Gasteiger charge is 2.07. The van der Waals surface area contributed by atoms with Crippen LogP contribution in [0.15, 0.2) is 66.7 Å². The molecule has 3 nitrogen and oxygen atoms in total. The Labute approximate surface area is 159 Å². The summed E-state index contributed by atoms with van der Waals surface area (Å²) in [5, 5.41) is 4.14. The van der Waals surface area contributed by atoms with Crippen LogP contribution in [0.4, 0.5) is 5.69 Å². The fourth-order valence-corrected chi connectivity index (χ4v) is 2.76. The molecular formula is C22H22ClNO2. The fourth-order valence-electron chi connectivity index (χ4n) is 2.58. The first-order valence-electron chi connectivity index (χ1n) is 8.49. The predicted molar refractivity (Wildman–Crippen MR) is 107 cm³/mol. The molecule has 0 aliphatic heterocycles. The average Bonchev–Trinajstić information content (AvgIpc) is 2.68. The highest BCUT2D eigenvalue weighted by Crippen LogP contribution is 2.29. The SMILES string of the molecule is COc1cc(CNc2ccc(C)c(Cl)c2)ccc1OCc1ccccc1. The van der Waals surface area contributed by atoms with Crippen molar-refractivity contribution in [2.75, 3.05) is 12.4 Å². The Kier molecular flexibility index (Phi) is 6.03. The summed E-state index contributed by atoms with van der Waals surface area (Å²) in [4.78, 5) is 0. The van der Waals surface area contributed by atoms with Crippen LogP contribution in [0.25, 0.3) is 0 Å². The van der Waals surface area contributed by atoms with E-state index in [2.05, 4.69) is 5.32 Å². The number of methoxy groups -OCH3 is 1. The maximum atomic E-state index is 6.17. The van der Waals surface area contributed by atoms with E-state index < -0.39 is 0 Å². The van der Waals surface area contributed by atoms with E-state index in [0.29, 0.717) is 13.2 Å². The lowest BCUT2D eigenvalue weighted by atomic mass is 10.2. The molecule has 3 aromatic rings. The van der Waals surface area contributed by atoms with Gasteiger partial charge in [0.05, 0.1) is 7.11 Å². The quantitative estimate of drug-likeness (QED) is 0.568. The first kappa shape index (κ1) is 18.2. The maximum Gasteiger partial charge on any atom is 0.161 e. The molecule has 0 aliphatic carbocycles. The van der Waals surface area contributed by atoms with E-state index >= 15 is 0 Å². The van der Waals surface area contributed by atoms with E-state index in [-0.39, 0.29) is 0 Å². The van der Waals surface area contributed by atoms with Gasteiger partial charge in [-0.1, -0.05) is 54.1 Å². The zero-order chi connectivity index (χ0) is 18.4. The van der Waals surface area contributed by atoms with Gasteiger partial charge in [0.2, 0.25) is 0 Å². The summed E-state index contributed by atoms with van der Waals surface area (Å²) in [6.07, 6.45) is 0. The summed E-state index contributed by atoms with van der Waals surface area (Å²) in [6, 6.07) is 22.0. The zero-order valence-electron chi connectivity index (χ0n) is 15.0. The van der Waals surface area contributed by atoms with Crippen LogP contribution in [0.3, 0.4) is 0 Å². The van der Waals surface area contributed by atoms with Crippen LogP contribution in [-0.2, 0) is 13.2 Å². The highest BCUT2D eigenvalue weighted by atomic mass is 35.5. The minimum atomic E-state index is 0.511. The number of ether oxygens (including phenoxy) is 2. The molecule has 0 radical (unpaired) electrons. The molecule has 0 unspecified atom stereocenters. The van der Waals surface area contributed by atoms with E-state index in [0.717, 1.165) is 38.9 Å². The van der Waals surface area contributed by atoms with E-state index in [4.69, 9.17) is 21.1 Å². The van der Waals surface area contributed by atoms with Gasteiger partial charge in [0, 0.05) is 17.3 Å². The Morgan fingerprint density at radius 1 is 0.885 bits per heavy atom. The molecule has 0 saturated carbocycles. The maximum absolute atomic E-state index is 6.17. The Morgan fingerprint density at radius 2 is 1.69 bits per heavy atom. The zero-order valence-corrected chi connectivity index (χ0v) is 15.7. The second-order valence-corrected chi connectivity index (χ2v) is 6.48. The minimum absolute atomic E-state index is 0.511. The molecule has 4 heteroatoms. The van der Waals surface area contributed by atoms with Gasteiger partial charge in [-0.25, -0.2) is 0 Å². The Morgan fingerprint density at radius 3 is 2.42 bits per heavy atom. The molecule has 0 fully saturated rings. The van der Waals surface area contributed by atoms with Gasteiger partial charge in [0.15, 0.2) is 11.5 Å². The number of nitrogens with one attached hydrogen (secondary N) is 1. The Balaban J connectivity index is 1.65. The predicted octanol–water partition coefficient (Wildman–Crippen LogP) is 5.85. The molecule has 0 heterocycles. The number of hydrogen-bond acceptors (Lipinski definition) is 3. The van der Waals surface area contributed by atoms with Gasteiger partial charge in [-0.2, -0.15) is 0 Å². The van der Waals surface area contributed by atoms with Crippen molar-refractivity contribution in [3.63, 3.8) is 0 Å². The van der Waals surface area contributed by atoms with Crippen LogP contribution in [0, 0.1) is 6.92 Å². The Bertz CT molecular complexity index is 865. The van der Waals surface area contributed by atoms with E-state index in [9.17, 15) is 0 Å². The van der Waals surface area contributed by atoms with Gasteiger partial charge >= 0.3 is 0 Å². The van der Waals surface area contributed by atoms with Crippen molar-refractivity contribution in [1.82, 2.24) is 0 Å². The van der Waals surface area contributed by atoms with Gasteiger partial charge in [-0.3, -0.25) is 0 Å². The van der Waals surface area contributed by atoms with E-state index in [1.807, 2.05) is 73.7 Å². The Hall–Kier alpha value is -2.65. The largest absolute Gasteiger partial charge is 0.493 e. The lowest BCUT2D eigenvalue weighted by Crippen LogP contribution is -2.02.